The Morgan fingerprint density at radius 1 is 1.55 bits per heavy atom. The van der Waals surface area contributed by atoms with Crippen molar-refractivity contribution in [2.24, 2.45) is 0 Å². The highest BCUT2D eigenvalue weighted by atomic mass is 16.5. The number of nitrogens with zero attached hydrogens (tertiary/aromatic N) is 3. The molecular formula is C15H17N3O2. The molecule has 1 amide bonds. The first kappa shape index (κ1) is 12.8. The van der Waals surface area contributed by atoms with Crippen LogP contribution in [0.1, 0.15) is 35.3 Å². The number of hydrogen-bond donors (Lipinski definition) is 0. The molecule has 0 N–H and O–H groups in total. The van der Waals surface area contributed by atoms with Crippen molar-refractivity contribution in [1.29, 1.82) is 0 Å². The molecule has 1 atom stereocenters. The summed E-state index contributed by atoms with van der Waals surface area (Å²) in [5.74, 6) is 0.00426. The van der Waals surface area contributed by atoms with Crippen LogP contribution in [0, 0.1) is 6.92 Å². The molecule has 1 aliphatic heterocycles. The number of aromatic nitrogens is 2. The Balaban J connectivity index is 1.94. The molecule has 1 fully saturated rings. The lowest BCUT2D eigenvalue weighted by atomic mass is 10.0. The van der Waals surface area contributed by atoms with Crippen LogP contribution in [0.4, 0.5) is 0 Å². The first-order valence-electron chi connectivity index (χ1n) is 6.86. The third kappa shape index (κ3) is 2.09. The highest BCUT2D eigenvalue weighted by Gasteiger charge is 2.26. The summed E-state index contributed by atoms with van der Waals surface area (Å²) in [6.07, 6.45) is 6.58. The van der Waals surface area contributed by atoms with E-state index >= 15 is 0 Å². The van der Waals surface area contributed by atoms with Crippen LogP contribution in [0.5, 0.6) is 0 Å². The highest BCUT2D eigenvalue weighted by molar-refractivity contribution is 5.97. The molecule has 104 valence electrons. The monoisotopic (exact) mass is 271 g/mol. The fraction of sp³-hybridized carbons (Fsp3) is 0.400. The lowest BCUT2D eigenvalue weighted by Gasteiger charge is -2.33. The van der Waals surface area contributed by atoms with Gasteiger partial charge in [-0.05, 0) is 32.3 Å². The van der Waals surface area contributed by atoms with Gasteiger partial charge in [0, 0.05) is 12.7 Å². The SMILES string of the molecule is C=C[C@H]1CCCCN1C(=O)c1cnc2onc(C)c2c1. The number of carbonyl (C=O) groups is 1. The minimum Gasteiger partial charge on any atom is -0.336 e. The molecule has 5 heteroatoms. The van der Waals surface area contributed by atoms with Crippen LogP contribution in [0.25, 0.3) is 11.1 Å². The lowest BCUT2D eigenvalue weighted by Crippen LogP contribution is -2.42. The summed E-state index contributed by atoms with van der Waals surface area (Å²) in [7, 11) is 0. The fourth-order valence-electron chi connectivity index (χ4n) is 2.68. The van der Waals surface area contributed by atoms with Crippen LogP contribution < -0.4 is 0 Å². The first-order valence-corrected chi connectivity index (χ1v) is 6.86. The summed E-state index contributed by atoms with van der Waals surface area (Å²) >= 11 is 0. The Bertz CT molecular complexity index is 662. The largest absolute Gasteiger partial charge is 0.336 e. The summed E-state index contributed by atoms with van der Waals surface area (Å²) in [5, 5.41) is 4.66. The maximum Gasteiger partial charge on any atom is 0.257 e. The zero-order valence-electron chi connectivity index (χ0n) is 11.5. The predicted molar refractivity (Wildman–Crippen MR) is 75.4 cm³/mol. The molecule has 0 spiro atoms. The third-order valence-corrected chi connectivity index (χ3v) is 3.84. The highest BCUT2D eigenvalue weighted by Crippen LogP contribution is 2.22. The van der Waals surface area contributed by atoms with E-state index in [-0.39, 0.29) is 11.9 Å². The number of amides is 1. The number of piperidine rings is 1. The average molecular weight is 271 g/mol. The number of rotatable bonds is 2. The summed E-state index contributed by atoms with van der Waals surface area (Å²) < 4.78 is 5.07. The van der Waals surface area contributed by atoms with Gasteiger partial charge in [0.15, 0.2) is 0 Å². The summed E-state index contributed by atoms with van der Waals surface area (Å²) in [6, 6.07) is 1.93. The standard InChI is InChI=1S/C15H17N3O2/c1-3-12-6-4-5-7-18(12)15(19)11-8-13-10(2)17-20-14(13)16-9-11/h3,8-9,12H,1,4-7H2,2H3/t12-/m0/s1. The number of likely N-dealkylation sites (tertiary alicyclic amines) is 1. The molecule has 3 rings (SSSR count). The van der Waals surface area contributed by atoms with Gasteiger partial charge in [0.1, 0.15) is 0 Å². The van der Waals surface area contributed by atoms with E-state index in [1.807, 2.05) is 24.0 Å². The predicted octanol–water partition coefficient (Wildman–Crippen LogP) is 2.71. The number of hydrogen-bond acceptors (Lipinski definition) is 4. The molecule has 1 aliphatic rings. The summed E-state index contributed by atoms with van der Waals surface area (Å²) in [5.41, 5.74) is 1.80. The minimum absolute atomic E-state index is 0.00426. The van der Waals surface area contributed by atoms with Gasteiger partial charge >= 0.3 is 0 Å². The summed E-state index contributed by atoms with van der Waals surface area (Å²) in [4.78, 5) is 18.7. The van der Waals surface area contributed by atoms with Crippen molar-refractivity contribution in [1.82, 2.24) is 15.0 Å². The van der Waals surface area contributed by atoms with Crippen molar-refractivity contribution in [3.05, 3.63) is 36.2 Å². The smallest absolute Gasteiger partial charge is 0.257 e. The molecule has 0 radical (unpaired) electrons. The molecule has 2 aromatic rings. The Morgan fingerprint density at radius 2 is 2.40 bits per heavy atom. The maximum atomic E-state index is 12.6. The molecule has 0 aromatic carbocycles. The van der Waals surface area contributed by atoms with E-state index in [4.69, 9.17) is 4.52 Å². The molecule has 0 saturated carbocycles. The average Bonchev–Trinajstić information content (AvgIpc) is 2.87. The number of fused-ring (bicyclic) bond motifs is 1. The van der Waals surface area contributed by atoms with Gasteiger partial charge in [-0.15, -0.1) is 6.58 Å². The van der Waals surface area contributed by atoms with Crippen molar-refractivity contribution in [2.75, 3.05) is 6.54 Å². The molecule has 3 heterocycles. The Kier molecular flexibility index (Phi) is 3.26. The van der Waals surface area contributed by atoms with Gasteiger partial charge in [-0.1, -0.05) is 11.2 Å². The first-order chi connectivity index (χ1) is 9.70. The molecule has 0 aliphatic carbocycles. The van der Waals surface area contributed by atoms with E-state index in [9.17, 15) is 4.79 Å². The molecular weight excluding hydrogens is 254 g/mol. The van der Waals surface area contributed by atoms with Gasteiger partial charge in [-0.3, -0.25) is 4.79 Å². The zero-order valence-corrected chi connectivity index (χ0v) is 11.5. The van der Waals surface area contributed by atoms with E-state index in [2.05, 4.69) is 16.7 Å². The van der Waals surface area contributed by atoms with Gasteiger partial charge in [-0.25, -0.2) is 4.98 Å². The summed E-state index contributed by atoms with van der Waals surface area (Å²) in [6.45, 7) is 6.45. The second-order valence-electron chi connectivity index (χ2n) is 5.14. The Labute approximate surface area is 117 Å². The van der Waals surface area contributed by atoms with E-state index < -0.39 is 0 Å². The van der Waals surface area contributed by atoms with Crippen molar-refractivity contribution in [3.8, 4) is 0 Å². The van der Waals surface area contributed by atoms with Crippen molar-refractivity contribution >= 4 is 17.0 Å². The van der Waals surface area contributed by atoms with Crippen LogP contribution >= 0.6 is 0 Å². The van der Waals surface area contributed by atoms with Crippen LogP contribution in [0.15, 0.2) is 29.4 Å². The molecule has 1 saturated heterocycles. The van der Waals surface area contributed by atoms with E-state index in [1.165, 1.54) is 0 Å². The van der Waals surface area contributed by atoms with Crippen molar-refractivity contribution in [2.45, 2.75) is 32.2 Å². The quantitative estimate of drug-likeness (QED) is 0.788. The minimum atomic E-state index is 0.00426. The number of aryl methyl sites for hydroxylation is 1. The Hall–Kier alpha value is -2.17. The second kappa shape index (κ2) is 5.07. The molecule has 2 aromatic heterocycles. The fourth-order valence-corrected chi connectivity index (χ4v) is 2.68. The normalized spacial score (nSPS) is 19.2. The molecule has 5 nitrogen and oxygen atoms in total. The topological polar surface area (TPSA) is 59.2 Å². The van der Waals surface area contributed by atoms with Gasteiger partial charge in [0.2, 0.25) is 0 Å². The van der Waals surface area contributed by atoms with Crippen molar-refractivity contribution in [3.63, 3.8) is 0 Å². The molecule has 0 bridgehead atoms. The van der Waals surface area contributed by atoms with Crippen LogP contribution in [-0.2, 0) is 0 Å². The van der Waals surface area contributed by atoms with Gasteiger partial charge in [-0.2, -0.15) is 0 Å². The van der Waals surface area contributed by atoms with E-state index in [1.54, 1.807) is 6.20 Å². The van der Waals surface area contributed by atoms with Gasteiger partial charge in [0.05, 0.1) is 22.7 Å². The zero-order chi connectivity index (χ0) is 14.1. The van der Waals surface area contributed by atoms with Gasteiger partial charge in [0.25, 0.3) is 11.6 Å². The van der Waals surface area contributed by atoms with Crippen LogP contribution in [0.3, 0.4) is 0 Å². The number of pyridine rings is 1. The second-order valence-corrected chi connectivity index (χ2v) is 5.14. The Morgan fingerprint density at radius 3 is 3.20 bits per heavy atom. The van der Waals surface area contributed by atoms with E-state index in [0.717, 1.165) is 36.9 Å². The van der Waals surface area contributed by atoms with Crippen molar-refractivity contribution < 1.29 is 9.32 Å². The molecule has 0 unspecified atom stereocenters. The molecule has 20 heavy (non-hydrogen) atoms. The third-order valence-electron chi connectivity index (χ3n) is 3.84. The van der Waals surface area contributed by atoms with Gasteiger partial charge < -0.3 is 9.42 Å². The lowest BCUT2D eigenvalue weighted by molar-refractivity contribution is 0.0664. The van der Waals surface area contributed by atoms with Crippen LogP contribution in [0.2, 0.25) is 0 Å². The maximum absolute atomic E-state index is 12.6. The van der Waals surface area contributed by atoms with E-state index in [0.29, 0.717) is 11.3 Å². The number of carbonyl (C=O) groups excluding carboxylic acids is 1. The van der Waals surface area contributed by atoms with Crippen LogP contribution in [-0.4, -0.2) is 33.5 Å².